The summed E-state index contributed by atoms with van der Waals surface area (Å²) in [6.07, 6.45) is -0.863. The Balaban J connectivity index is 1.74. The number of thiophene rings is 1. The zero-order valence-electron chi connectivity index (χ0n) is 13.0. The van der Waals surface area contributed by atoms with Crippen molar-refractivity contribution >= 4 is 38.9 Å². The number of aliphatic hydroxyl groups excluding tert-OH is 1. The van der Waals surface area contributed by atoms with Gasteiger partial charge in [-0.15, -0.1) is 11.3 Å². The molecule has 3 aromatic rings. The quantitative estimate of drug-likeness (QED) is 0.721. The molecule has 0 aliphatic rings. The number of benzene rings is 2. The number of hydrogen-bond donors (Lipinski definition) is 2. The van der Waals surface area contributed by atoms with Gasteiger partial charge in [-0.1, -0.05) is 48.0 Å². The summed E-state index contributed by atoms with van der Waals surface area (Å²) in [5.41, 5.74) is 0.628. The van der Waals surface area contributed by atoms with Crippen LogP contribution in [0, 0.1) is 0 Å². The predicted molar refractivity (Wildman–Crippen MR) is 97.1 cm³/mol. The number of para-hydroxylation sites is 1. The first-order valence-electron chi connectivity index (χ1n) is 7.38. The van der Waals surface area contributed by atoms with Crippen LogP contribution in [0.4, 0.5) is 0 Å². The molecular formula is C18H16ClNO3S. The Kier molecular flexibility index (Phi) is 5.04. The van der Waals surface area contributed by atoms with Crippen LogP contribution in [0.1, 0.15) is 21.3 Å². The zero-order chi connectivity index (χ0) is 17.1. The van der Waals surface area contributed by atoms with Crippen LogP contribution >= 0.6 is 22.9 Å². The molecule has 124 valence electrons. The fourth-order valence-electron chi connectivity index (χ4n) is 2.48. The molecule has 2 aromatic carbocycles. The molecular weight excluding hydrogens is 346 g/mol. The Morgan fingerprint density at radius 1 is 1.25 bits per heavy atom. The lowest BCUT2D eigenvalue weighted by molar-refractivity contribution is 0.0919. The van der Waals surface area contributed by atoms with E-state index >= 15 is 0 Å². The van der Waals surface area contributed by atoms with Crippen LogP contribution < -0.4 is 10.1 Å². The SMILES string of the molecule is COc1ccccc1[C@H](O)CNC(=O)c1sc2ccccc2c1Cl. The maximum atomic E-state index is 12.4. The molecule has 0 fully saturated rings. The number of aliphatic hydroxyl groups is 1. The van der Waals surface area contributed by atoms with E-state index < -0.39 is 6.10 Å². The minimum Gasteiger partial charge on any atom is -0.496 e. The van der Waals surface area contributed by atoms with E-state index in [1.807, 2.05) is 36.4 Å². The number of nitrogens with one attached hydrogen (secondary N) is 1. The van der Waals surface area contributed by atoms with E-state index in [9.17, 15) is 9.90 Å². The number of rotatable bonds is 5. The lowest BCUT2D eigenvalue weighted by atomic mass is 10.1. The van der Waals surface area contributed by atoms with Crippen molar-refractivity contribution in [3.63, 3.8) is 0 Å². The second kappa shape index (κ2) is 7.21. The fraction of sp³-hybridized carbons (Fsp3) is 0.167. The van der Waals surface area contributed by atoms with Gasteiger partial charge >= 0.3 is 0 Å². The molecule has 6 heteroatoms. The minimum absolute atomic E-state index is 0.0732. The van der Waals surface area contributed by atoms with Crippen molar-refractivity contribution in [2.24, 2.45) is 0 Å². The van der Waals surface area contributed by atoms with Gasteiger partial charge in [0.25, 0.3) is 5.91 Å². The second-order valence-electron chi connectivity index (χ2n) is 5.21. The largest absolute Gasteiger partial charge is 0.496 e. The molecule has 3 rings (SSSR count). The molecule has 0 radical (unpaired) electrons. The number of carbonyl (C=O) groups excluding carboxylic acids is 1. The molecule has 0 saturated carbocycles. The molecule has 1 amide bonds. The van der Waals surface area contributed by atoms with Crippen molar-refractivity contribution in [1.29, 1.82) is 0 Å². The van der Waals surface area contributed by atoms with E-state index in [0.29, 0.717) is 21.2 Å². The fourth-order valence-corrected chi connectivity index (χ4v) is 3.91. The lowest BCUT2D eigenvalue weighted by Gasteiger charge is -2.15. The van der Waals surface area contributed by atoms with Crippen molar-refractivity contribution in [3.05, 3.63) is 64.0 Å². The Morgan fingerprint density at radius 2 is 1.96 bits per heavy atom. The molecule has 0 spiro atoms. The molecule has 0 aliphatic carbocycles. The van der Waals surface area contributed by atoms with Crippen molar-refractivity contribution in [2.45, 2.75) is 6.10 Å². The molecule has 0 saturated heterocycles. The first-order valence-corrected chi connectivity index (χ1v) is 8.57. The van der Waals surface area contributed by atoms with Crippen LogP contribution in [0.2, 0.25) is 5.02 Å². The summed E-state index contributed by atoms with van der Waals surface area (Å²) in [6, 6.07) is 14.8. The summed E-state index contributed by atoms with van der Waals surface area (Å²) in [4.78, 5) is 12.8. The molecule has 1 heterocycles. The summed E-state index contributed by atoms with van der Waals surface area (Å²) < 4.78 is 6.18. The van der Waals surface area contributed by atoms with E-state index in [2.05, 4.69) is 5.32 Å². The average molecular weight is 362 g/mol. The molecule has 1 aromatic heterocycles. The van der Waals surface area contributed by atoms with Crippen LogP contribution in [0.25, 0.3) is 10.1 Å². The van der Waals surface area contributed by atoms with Gasteiger partial charge in [-0.05, 0) is 12.1 Å². The lowest BCUT2D eigenvalue weighted by Crippen LogP contribution is -2.28. The molecule has 0 aliphatic heterocycles. The van der Waals surface area contributed by atoms with Crippen LogP contribution in [0.3, 0.4) is 0 Å². The maximum Gasteiger partial charge on any atom is 0.263 e. The number of amides is 1. The van der Waals surface area contributed by atoms with E-state index in [-0.39, 0.29) is 12.5 Å². The van der Waals surface area contributed by atoms with E-state index in [0.717, 1.165) is 10.1 Å². The van der Waals surface area contributed by atoms with Crippen LogP contribution in [-0.4, -0.2) is 24.7 Å². The minimum atomic E-state index is -0.863. The first kappa shape index (κ1) is 16.8. The first-order chi connectivity index (χ1) is 11.6. The van der Waals surface area contributed by atoms with Crippen molar-refractivity contribution < 1.29 is 14.6 Å². The third kappa shape index (κ3) is 3.24. The van der Waals surface area contributed by atoms with Gasteiger partial charge in [0.1, 0.15) is 10.6 Å². The van der Waals surface area contributed by atoms with Gasteiger partial charge in [-0.3, -0.25) is 4.79 Å². The van der Waals surface area contributed by atoms with Crippen molar-refractivity contribution in [1.82, 2.24) is 5.32 Å². The number of carbonyl (C=O) groups is 1. The second-order valence-corrected chi connectivity index (χ2v) is 6.64. The number of hydrogen-bond acceptors (Lipinski definition) is 4. The number of methoxy groups -OCH3 is 1. The number of fused-ring (bicyclic) bond motifs is 1. The summed E-state index contributed by atoms with van der Waals surface area (Å²) >= 11 is 7.64. The zero-order valence-corrected chi connectivity index (χ0v) is 14.5. The van der Waals surface area contributed by atoms with E-state index in [1.165, 1.54) is 11.3 Å². The number of halogens is 1. The van der Waals surface area contributed by atoms with Crippen molar-refractivity contribution in [3.8, 4) is 5.75 Å². The topological polar surface area (TPSA) is 58.6 Å². The van der Waals surface area contributed by atoms with E-state index in [1.54, 1.807) is 19.2 Å². The highest BCUT2D eigenvalue weighted by Crippen LogP contribution is 2.35. The van der Waals surface area contributed by atoms with E-state index in [4.69, 9.17) is 16.3 Å². The number of ether oxygens (including phenoxy) is 1. The van der Waals surface area contributed by atoms with Gasteiger partial charge in [0, 0.05) is 22.2 Å². The van der Waals surface area contributed by atoms with Gasteiger partial charge < -0.3 is 15.2 Å². The average Bonchev–Trinajstić information content (AvgIpc) is 2.96. The maximum absolute atomic E-state index is 12.4. The van der Waals surface area contributed by atoms with Crippen LogP contribution in [0.5, 0.6) is 5.75 Å². The van der Waals surface area contributed by atoms with Gasteiger partial charge in [-0.2, -0.15) is 0 Å². The Morgan fingerprint density at radius 3 is 2.71 bits per heavy atom. The Labute approximate surface area is 148 Å². The summed E-state index contributed by atoms with van der Waals surface area (Å²) in [6.45, 7) is 0.0732. The Bertz CT molecular complexity index is 878. The highest BCUT2D eigenvalue weighted by Gasteiger charge is 2.19. The summed E-state index contributed by atoms with van der Waals surface area (Å²) in [5, 5.41) is 14.3. The van der Waals surface area contributed by atoms with Crippen molar-refractivity contribution in [2.75, 3.05) is 13.7 Å². The van der Waals surface area contributed by atoms with Gasteiger partial charge in [0.15, 0.2) is 0 Å². The molecule has 24 heavy (non-hydrogen) atoms. The third-order valence-corrected chi connectivity index (χ3v) is 5.37. The molecule has 4 nitrogen and oxygen atoms in total. The standard InChI is InChI=1S/C18H16ClNO3S/c1-23-14-8-4-2-6-11(14)13(21)10-20-18(22)17-16(19)12-7-3-5-9-15(12)24-17/h2-9,13,21H,10H2,1H3,(H,20,22)/t13-/m1/s1. The van der Waals surface area contributed by atoms with Crippen LogP contribution in [-0.2, 0) is 0 Å². The van der Waals surface area contributed by atoms with Gasteiger partial charge in [0.2, 0.25) is 0 Å². The molecule has 1 atom stereocenters. The highest BCUT2D eigenvalue weighted by atomic mass is 35.5. The normalized spacial score (nSPS) is 12.1. The molecule has 0 bridgehead atoms. The highest BCUT2D eigenvalue weighted by molar-refractivity contribution is 7.21. The summed E-state index contributed by atoms with van der Waals surface area (Å²) in [5.74, 6) is 0.286. The summed E-state index contributed by atoms with van der Waals surface area (Å²) in [7, 11) is 1.54. The van der Waals surface area contributed by atoms with Gasteiger partial charge in [-0.25, -0.2) is 0 Å². The molecule has 0 unspecified atom stereocenters. The monoisotopic (exact) mass is 361 g/mol. The smallest absolute Gasteiger partial charge is 0.263 e. The Hall–Kier alpha value is -2.08. The van der Waals surface area contributed by atoms with Gasteiger partial charge in [0.05, 0.1) is 18.2 Å². The molecule has 2 N–H and O–H groups in total. The predicted octanol–water partition coefficient (Wildman–Crippen LogP) is 4.03. The third-order valence-electron chi connectivity index (χ3n) is 3.70. The van der Waals surface area contributed by atoms with Crippen LogP contribution in [0.15, 0.2) is 48.5 Å².